The molecule has 5 heteroatoms. The molecule has 0 bridgehead atoms. The molecule has 1 N–H and O–H groups in total. The number of aromatic nitrogens is 2. The number of rotatable bonds is 2. The number of carbonyl (C=O) groups is 1. The normalized spacial score (nSPS) is 9.50. The zero-order valence-electron chi connectivity index (χ0n) is 7.07. The van der Waals surface area contributed by atoms with E-state index in [1.807, 2.05) is 0 Å². The predicted molar refractivity (Wildman–Crippen MR) is 42.5 cm³/mol. The largest absolute Gasteiger partial charge is 0.453 e. The van der Waals surface area contributed by atoms with Gasteiger partial charge in [0.15, 0.2) is 0 Å². The minimum atomic E-state index is -0.351. The fourth-order valence-corrected chi connectivity index (χ4v) is 0.858. The quantitative estimate of drug-likeness (QED) is 0.705. The molecule has 1 rings (SSSR count). The first-order valence-corrected chi connectivity index (χ1v) is 3.50. The van der Waals surface area contributed by atoms with Gasteiger partial charge in [-0.25, -0.2) is 4.79 Å². The molecular formula is C7H11N3O2. The summed E-state index contributed by atoms with van der Waals surface area (Å²) < 4.78 is 4.52. The average Bonchev–Trinajstić information content (AvgIpc) is 2.55. The van der Waals surface area contributed by atoms with Crippen molar-refractivity contribution in [1.82, 2.24) is 15.1 Å². The van der Waals surface area contributed by atoms with Crippen molar-refractivity contribution in [2.24, 2.45) is 0 Å². The van der Waals surface area contributed by atoms with Crippen molar-refractivity contribution in [3.63, 3.8) is 0 Å². The number of hydrogen-bond donors (Lipinski definition) is 1. The first kappa shape index (κ1) is 8.58. The maximum Gasteiger partial charge on any atom is 0.409 e. The van der Waals surface area contributed by atoms with Crippen LogP contribution < -0.4 is 0 Å². The van der Waals surface area contributed by atoms with Gasteiger partial charge in [-0.05, 0) is 0 Å². The lowest BCUT2D eigenvalue weighted by Gasteiger charge is -2.13. The summed E-state index contributed by atoms with van der Waals surface area (Å²) in [4.78, 5) is 12.4. The number of nitrogens with zero attached hydrogens (tertiary/aromatic N) is 2. The Balaban J connectivity index is 2.47. The zero-order valence-corrected chi connectivity index (χ0v) is 7.07. The molecular weight excluding hydrogens is 158 g/mol. The van der Waals surface area contributed by atoms with Gasteiger partial charge in [0.1, 0.15) is 0 Å². The molecule has 0 radical (unpaired) electrons. The number of carbonyl (C=O) groups excluding carboxylic acids is 1. The summed E-state index contributed by atoms with van der Waals surface area (Å²) in [6.45, 7) is 0.503. The summed E-state index contributed by atoms with van der Waals surface area (Å²) in [6.07, 6.45) is 3.05. The van der Waals surface area contributed by atoms with Crippen molar-refractivity contribution < 1.29 is 9.53 Å². The van der Waals surface area contributed by atoms with Crippen LogP contribution in [0.5, 0.6) is 0 Å². The van der Waals surface area contributed by atoms with E-state index in [1.54, 1.807) is 19.4 Å². The van der Waals surface area contributed by atoms with Crippen molar-refractivity contribution in [2.45, 2.75) is 6.54 Å². The van der Waals surface area contributed by atoms with Gasteiger partial charge in [-0.15, -0.1) is 0 Å². The lowest BCUT2D eigenvalue weighted by atomic mass is 10.3. The minimum Gasteiger partial charge on any atom is -0.453 e. The Kier molecular flexibility index (Phi) is 2.68. The summed E-state index contributed by atoms with van der Waals surface area (Å²) in [7, 11) is 3.02. The van der Waals surface area contributed by atoms with E-state index in [-0.39, 0.29) is 6.09 Å². The molecule has 0 spiro atoms. The molecule has 0 unspecified atom stereocenters. The highest BCUT2D eigenvalue weighted by atomic mass is 16.5. The Hall–Kier alpha value is -1.52. The third-order valence-corrected chi connectivity index (χ3v) is 1.46. The fraction of sp³-hybridized carbons (Fsp3) is 0.429. The summed E-state index contributed by atoms with van der Waals surface area (Å²) in [5, 5.41) is 6.42. The third-order valence-electron chi connectivity index (χ3n) is 1.46. The second-order valence-electron chi connectivity index (χ2n) is 2.43. The number of ether oxygens (including phenoxy) is 1. The molecule has 0 fully saturated rings. The zero-order chi connectivity index (χ0) is 8.97. The molecule has 0 aliphatic rings. The summed E-state index contributed by atoms with van der Waals surface area (Å²) >= 11 is 0. The average molecular weight is 169 g/mol. The van der Waals surface area contributed by atoms with E-state index in [2.05, 4.69) is 14.9 Å². The Morgan fingerprint density at radius 1 is 1.83 bits per heavy atom. The van der Waals surface area contributed by atoms with Gasteiger partial charge in [0.05, 0.1) is 19.9 Å². The van der Waals surface area contributed by atoms with Crippen LogP contribution in [0.3, 0.4) is 0 Å². The Morgan fingerprint density at radius 2 is 2.58 bits per heavy atom. The van der Waals surface area contributed by atoms with Crippen LogP contribution in [-0.2, 0) is 11.3 Å². The molecule has 1 aromatic heterocycles. The van der Waals surface area contributed by atoms with Crippen LogP contribution in [0.15, 0.2) is 12.4 Å². The highest BCUT2D eigenvalue weighted by Crippen LogP contribution is 2.00. The summed E-state index contributed by atoms with van der Waals surface area (Å²) in [6, 6.07) is 0. The molecule has 0 saturated heterocycles. The number of hydrogen-bond acceptors (Lipinski definition) is 3. The van der Waals surface area contributed by atoms with Crippen LogP contribution in [0.2, 0.25) is 0 Å². The third kappa shape index (κ3) is 1.98. The van der Waals surface area contributed by atoms with Crippen LogP contribution in [0.4, 0.5) is 4.79 Å². The van der Waals surface area contributed by atoms with Gasteiger partial charge in [0.2, 0.25) is 0 Å². The molecule has 1 amide bonds. The van der Waals surface area contributed by atoms with Crippen molar-refractivity contribution in [3.8, 4) is 0 Å². The Labute approximate surface area is 70.3 Å². The van der Waals surface area contributed by atoms with E-state index in [0.29, 0.717) is 6.54 Å². The van der Waals surface area contributed by atoms with Crippen molar-refractivity contribution in [2.75, 3.05) is 14.2 Å². The SMILES string of the molecule is COC(=O)N(C)Cc1cn[nH]c1. The van der Waals surface area contributed by atoms with Crippen LogP contribution in [0, 0.1) is 0 Å². The molecule has 0 saturated carbocycles. The van der Waals surface area contributed by atoms with Gasteiger partial charge < -0.3 is 9.64 Å². The molecule has 12 heavy (non-hydrogen) atoms. The van der Waals surface area contributed by atoms with Gasteiger partial charge in [-0.2, -0.15) is 5.10 Å². The van der Waals surface area contributed by atoms with E-state index in [0.717, 1.165) is 5.56 Å². The highest BCUT2D eigenvalue weighted by molar-refractivity contribution is 5.66. The molecule has 0 aliphatic heterocycles. The first-order chi connectivity index (χ1) is 5.74. The smallest absolute Gasteiger partial charge is 0.409 e. The summed E-state index contributed by atoms with van der Waals surface area (Å²) in [5.74, 6) is 0. The van der Waals surface area contributed by atoms with Crippen LogP contribution in [0.1, 0.15) is 5.56 Å². The second-order valence-corrected chi connectivity index (χ2v) is 2.43. The highest BCUT2D eigenvalue weighted by Gasteiger charge is 2.08. The number of H-pyrrole nitrogens is 1. The van der Waals surface area contributed by atoms with Crippen molar-refractivity contribution >= 4 is 6.09 Å². The second kappa shape index (κ2) is 3.75. The molecule has 1 aromatic rings. The lowest BCUT2D eigenvalue weighted by Crippen LogP contribution is -2.25. The van der Waals surface area contributed by atoms with Gasteiger partial charge in [-0.1, -0.05) is 0 Å². The maximum atomic E-state index is 10.9. The monoisotopic (exact) mass is 169 g/mol. The van der Waals surface area contributed by atoms with E-state index < -0.39 is 0 Å². The number of nitrogens with one attached hydrogen (secondary N) is 1. The predicted octanol–water partition coefficient (Wildman–Crippen LogP) is 0.608. The van der Waals surface area contributed by atoms with Crippen molar-refractivity contribution in [1.29, 1.82) is 0 Å². The Bertz CT molecular complexity index is 245. The fourth-order valence-electron chi connectivity index (χ4n) is 0.858. The topological polar surface area (TPSA) is 58.2 Å². The minimum absolute atomic E-state index is 0.351. The van der Waals surface area contributed by atoms with Crippen LogP contribution in [-0.4, -0.2) is 35.3 Å². The van der Waals surface area contributed by atoms with E-state index in [1.165, 1.54) is 12.0 Å². The Morgan fingerprint density at radius 3 is 3.08 bits per heavy atom. The van der Waals surface area contributed by atoms with Gasteiger partial charge in [0, 0.05) is 18.8 Å². The standard InChI is InChI=1S/C7H11N3O2/c1-10(7(11)12-2)5-6-3-8-9-4-6/h3-4H,5H2,1-2H3,(H,8,9). The van der Waals surface area contributed by atoms with Crippen molar-refractivity contribution in [3.05, 3.63) is 18.0 Å². The summed E-state index contributed by atoms with van der Waals surface area (Å²) in [5.41, 5.74) is 0.947. The van der Waals surface area contributed by atoms with E-state index in [9.17, 15) is 4.79 Å². The molecule has 5 nitrogen and oxygen atoms in total. The molecule has 66 valence electrons. The van der Waals surface area contributed by atoms with E-state index in [4.69, 9.17) is 0 Å². The van der Waals surface area contributed by atoms with Gasteiger partial charge in [-0.3, -0.25) is 5.10 Å². The lowest BCUT2D eigenvalue weighted by molar-refractivity contribution is 0.131. The number of methoxy groups -OCH3 is 1. The maximum absolute atomic E-state index is 10.9. The molecule has 0 atom stereocenters. The van der Waals surface area contributed by atoms with Crippen LogP contribution >= 0.6 is 0 Å². The van der Waals surface area contributed by atoms with Gasteiger partial charge >= 0.3 is 6.09 Å². The molecule has 0 aliphatic carbocycles. The van der Waals surface area contributed by atoms with Gasteiger partial charge in [0.25, 0.3) is 0 Å². The molecule has 0 aromatic carbocycles. The number of aromatic amines is 1. The number of amides is 1. The van der Waals surface area contributed by atoms with E-state index >= 15 is 0 Å². The molecule has 1 heterocycles. The first-order valence-electron chi connectivity index (χ1n) is 3.50. The van der Waals surface area contributed by atoms with Crippen LogP contribution in [0.25, 0.3) is 0 Å².